The Morgan fingerprint density at radius 1 is 1.15 bits per heavy atom. The van der Waals surface area contributed by atoms with Gasteiger partial charge < -0.3 is 9.47 Å². The van der Waals surface area contributed by atoms with Crippen LogP contribution in [0.1, 0.15) is 39.5 Å². The summed E-state index contributed by atoms with van der Waals surface area (Å²) in [6, 6.07) is 0. The minimum Gasteiger partial charge on any atom is -0.468 e. The smallest absolute Gasteiger partial charge is 0.323 e. The molecule has 2 aliphatic carbocycles. The Bertz CT molecular complexity index is 500. The van der Waals surface area contributed by atoms with E-state index in [1.807, 2.05) is 6.92 Å². The van der Waals surface area contributed by atoms with Gasteiger partial charge in [-0.3, -0.25) is 14.4 Å². The molecule has 2 rings (SSSR count). The first-order chi connectivity index (χ1) is 9.36. The number of rotatable bonds is 3. The molecule has 0 aromatic carbocycles. The lowest BCUT2D eigenvalue weighted by atomic mass is 9.76. The van der Waals surface area contributed by atoms with Crippen LogP contribution in [0.2, 0.25) is 0 Å². The number of hydrogen-bond donors (Lipinski definition) is 0. The van der Waals surface area contributed by atoms with Gasteiger partial charge in [0, 0.05) is 11.8 Å². The van der Waals surface area contributed by atoms with Crippen molar-refractivity contribution >= 4 is 17.7 Å². The van der Waals surface area contributed by atoms with E-state index in [-0.39, 0.29) is 17.6 Å². The molecule has 0 N–H and O–H groups in total. The predicted molar refractivity (Wildman–Crippen MR) is 70.7 cm³/mol. The second kappa shape index (κ2) is 4.72. The summed E-state index contributed by atoms with van der Waals surface area (Å²) in [6.07, 6.45) is 1.63. The van der Waals surface area contributed by atoms with E-state index < -0.39 is 17.4 Å². The topological polar surface area (TPSA) is 69.7 Å². The van der Waals surface area contributed by atoms with Gasteiger partial charge in [-0.1, -0.05) is 12.5 Å². The SMILES string of the molecule is CCC12CC(=O)C(C)=C1CC(C(=O)OC)(C(=O)OC)C2. The van der Waals surface area contributed by atoms with Gasteiger partial charge in [-0.25, -0.2) is 0 Å². The molecular weight excluding hydrogens is 260 g/mol. The number of methoxy groups -OCH3 is 2. The number of carbonyl (C=O) groups excluding carboxylic acids is 3. The van der Waals surface area contributed by atoms with Gasteiger partial charge in [0.25, 0.3) is 0 Å². The maximum Gasteiger partial charge on any atom is 0.323 e. The Morgan fingerprint density at radius 3 is 2.10 bits per heavy atom. The van der Waals surface area contributed by atoms with Crippen molar-refractivity contribution in [1.82, 2.24) is 0 Å². The number of ether oxygens (including phenoxy) is 2. The summed E-state index contributed by atoms with van der Waals surface area (Å²) in [6.45, 7) is 3.76. The molecule has 2 aliphatic rings. The molecule has 0 spiro atoms. The Labute approximate surface area is 118 Å². The van der Waals surface area contributed by atoms with Crippen molar-refractivity contribution in [2.45, 2.75) is 39.5 Å². The molecule has 20 heavy (non-hydrogen) atoms. The van der Waals surface area contributed by atoms with Crippen molar-refractivity contribution in [3.8, 4) is 0 Å². The van der Waals surface area contributed by atoms with E-state index in [2.05, 4.69) is 0 Å². The predicted octanol–water partition coefficient (Wildman–Crippen LogP) is 1.80. The number of allylic oxidation sites excluding steroid dienone is 2. The van der Waals surface area contributed by atoms with Crippen molar-refractivity contribution in [3.63, 3.8) is 0 Å². The van der Waals surface area contributed by atoms with Gasteiger partial charge >= 0.3 is 11.9 Å². The number of fused-ring (bicyclic) bond motifs is 1. The van der Waals surface area contributed by atoms with Gasteiger partial charge in [-0.2, -0.15) is 0 Å². The van der Waals surface area contributed by atoms with Crippen molar-refractivity contribution in [1.29, 1.82) is 0 Å². The van der Waals surface area contributed by atoms with E-state index in [9.17, 15) is 14.4 Å². The normalized spacial score (nSPS) is 27.5. The van der Waals surface area contributed by atoms with E-state index in [0.717, 1.165) is 12.0 Å². The second-order valence-corrected chi connectivity index (χ2v) is 5.76. The van der Waals surface area contributed by atoms with Crippen molar-refractivity contribution in [2.75, 3.05) is 14.2 Å². The zero-order valence-corrected chi connectivity index (χ0v) is 12.4. The molecule has 110 valence electrons. The maximum atomic E-state index is 12.2. The molecule has 0 aliphatic heterocycles. The molecule has 0 heterocycles. The van der Waals surface area contributed by atoms with Crippen LogP contribution in [-0.2, 0) is 23.9 Å². The molecule has 1 unspecified atom stereocenters. The lowest BCUT2D eigenvalue weighted by Gasteiger charge is -2.28. The van der Waals surface area contributed by atoms with Crippen molar-refractivity contribution in [3.05, 3.63) is 11.1 Å². The van der Waals surface area contributed by atoms with Gasteiger partial charge in [-0.15, -0.1) is 0 Å². The van der Waals surface area contributed by atoms with E-state index in [4.69, 9.17) is 9.47 Å². The molecule has 1 fully saturated rings. The van der Waals surface area contributed by atoms with Crippen LogP contribution >= 0.6 is 0 Å². The summed E-state index contributed by atoms with van der Waals surface area (Å²) >= 11 is 0. The summed E-state index contributed by atoms with van der Waals surface area (Å²) < 4.78 is 9.66. The Kier molecular flexibility index (Phi) is 3.48. The highest BCUT2D eigenvalue weighted by Gasteiger charge is 2.63. The largest absolute Gasteiger partial charge is 0.468 e. The van der Waals surface area contributed by atoms with Crippen LogP contribution in [0.25, 0.3) is 0 Å². The van der Waals surface area contributed by atoms with Crippen LogP contribution in [0.15, 0.2) is 11.1 Å². The maximum absolute atomic E-state index is 12.2. The first kappa shape index (κ1) is 14.8. The van der Waals surface area contributed by atoms with Gasteiger partial charge in [0.2, 0.25) is 0 Å². The Balaban J connectivity index is 2.54. The van der Waals surface area contributed by atoms with Crippen LogP contribution in [0.4, 0.5) is 0 Å². The molecule has 5 nitrogen and oxygen atoms in total. The third kappa shape index (κ3) is 1.72. The van der Waals surface area contributed by atoms with Crippen molar-refractivity contribution in [2.24, 2.45) is 10.8 Å². The Hall–Kier alpha value is -1.65. The quantitative estimate of drug-likeness (QED) is 0.582. The summed E-state index contributed by atoms with van der Waals surface area (Å²) in [5.41, 5.74) is -0.0530. The number of hydrogen-bond acceptors (Lipinski definition) is 5. The third-order valence-corrected chi connectivity index (χ3v) is 4.96. The third-order valence-electron chi connectivity index (χ3n) is 4.96. The highest BCUT2D eigenvalue weighted by Crippen LogP contribution is 2.61. The number of carbonyl (C=O) groups is 3. The summed E-state index contributed by atoms with van der Waals surface area (Å²) in [5, 5.41) is 0. The molecule has 0 bridgehead atoms. The van der Waals surface area contributed by atoms with Crippen LogP contribution in [0.5, 0.6) is 0 Å². The molecule has 0 saturated heterocycles. The van der Waals surface area contributed by atoms with Crippen molar-refractivity contribution < 1.29 is 23.9 Å². The summed E-state index contributed by atoms with van der Waals surface area (Å²) in [4.78, 5) is 36.3. The molecule has 5 heteroatoms. The minimum absolute atomic E-state index is 0.116. The van der Waals surface area contributed by atoms with E-state index in [1.54, 1.807) is 6.92 Å². The molecule has 0 amide bonds. The molecule has 0 radical (unpaired) electrons. The first-order valence-electron chi connectivity index (χ1n) is 6.77. The average Bonchev–Trinajstić information content (AvgIpc) is 2.91. The van der Waals surface area contributed by atoms with Gasteiger partial charge in [0.1, 0.15) is 0 Å². The Morgan fingerprint density at radius 2 is 1.70 bits per heavy atom. The highest BCUT2D eigenvalue weighted by molar-refractivity contribution is 6.05. The molecule has 1 atom stereocenters. The first-order valence-corrected chi connectivity index (χ1v) is 6.77. The van der Waals surface area contributed by atoms with Crippen LogP contribution < -0.4 is 0 Å². The molecule has 1 saturated carbocycles. The molecule has 0 aromatic heterocycles. The second-order valence-electron chi connectivity index (χ2n) is 5.76. The van der Waals surface area contributed by atoms with E-state index in [0.29, 0.717) is 18.4 Å². The van der Waals surface area contributed by atoms with Gasteiger partial charge in [0.05, 0.1) is 14.2 Å². The minimum atomic E-state index is -1.29. The molecular formula is C15H20O5. The van der Waals surface area contributed by atoms with E-state index >= 15 is 0 Å². The van der Waals surface area contributed by atoms with Crippen LogP contribution in [0, 0.1) is 10.8 Å². The average molecular weight is 280 g/mol. The van der Waals surface area contributed by atoms with Crippen LogP contribution in [-0.4, -0.2) is 31.9 Å². The lowest BCUT2D eigenvalue weighted by molar-refractivity contribution is -0.169. The number of ketones is 1. The highest BCUT2D eigenvalue weighted by atomic mass is 16.5. The fourth-order valence-electron chi connectivity index (χ4n) is 3.77. The van der Waals surface area contributed by atoms with E-state index in [1.165, 1.54) is 14.2 Å². The number of Topliss-reactive ketones (excluding diaryl/α,β-unsaturated/α-hetero) is 1. The monoisotopic (exact) mass is 280 g/mol. The molecule has 0 aromatic rings. The standard InChI is InChI=1S/C15H20O5/c1-5-14-7-11(16)9(2)10(14)6-15(8-14,12(17)19-3)13(18)20-4/h5-8H2,1-4H3. The van der Waals surface area contributed by atoms with Gasteiger partial charge in [0.15, 0.2) is 11.2 Å². The number of esters is 2. The van der Waals surface area contributed by atoms with Crippen LogP contribution in [0.3, 0.4) is 0 Å². The summed E-state index contributed by atoms with van der Waals surface area (Å²) in [5.74, 6) is -1.02. The fraction of sp³-hybridized carbons (Fsp3) is 0.667. The van der Waals surface area contributed by atoms with Gasteiger partial charge in [-0.05, 0) is 31.8 Å². The lowest BCUT2D eigenvalue weighted by Crippen LogP contribution is -2.40. The summed E-state index contributed by atoms with van der Waals surface area (Å²) in [7, 11) is 2.54. The fourth-order valence-corrected chi connectivity index (χ4v) is 3.77. The zero-order valence-electron chi connectivity index (χ0n) is 12.4. The zero-order chi connectivity index (χ0) is 15.1.